The molecule has 0 spiro atoms. The fourth-order valence-electron chi connectivity index (χ4n) is 3.43. The topological polar surface area (TPSA) is 50.5 Å². The zero-order chi connectivity index (χ0) is 16.2. The maximum absolute atomic E-state index is 11.9. The molecule has 2 aromatic rings. The van der Waals surface area contributed by atoms with Gasteiger partial charge < -0.3 is 9.32 Å². The summed E-state index contributed by atoms with van der Waals surface area (Å²) in [5.74, 6) is 0.151. The van der Waals surface area contributed by atoms with Crippen molar-refractivity contribution in [2.75, 3.05) is 11.9 Å². The summed E-state index contributed by atoms with van der Waals surface area (Å²) in [5.41, 5.74) is 2.47. The van der Waals surface area contributed by atoms with E-state index in [1.807, 2.05) is 6.07 Å². The highest BCUT2D eigenvalue weighted by Crippen LogP contribution is 2.43. The SMILES string of the molecule is CC(=O)c1cc2cc3c(cc2oc1=O)N(C)C(C)(C)CC3C. The molecule has 0 aliphatic carbocycles. The van der Waals surface area contributed by atoms with Gasteiger partial charge in [-0.15, -0.1) is 0 Å². The van der Waals surface area contributed by atoms with Gasteiger partial charge in [0.25, 0.3) is 0 Å². The van der Waals surface area contributed by atoms with Crippen LogP contribution in [-0.2, 0) is 0 Å². The molecule has 1 aliphatic heterocycles. The third kappa shape index (κ3) is 2.14. The van der Waals surface area contributed by atoms with Crippen molar-refractivity contribution in [1.82, 2.24) is 0 Å². The van der Waals surface area contributed by atoms with Crippen LogP contribution in [0.25, 0.3) is 11.0 Å². The summed E-state index contributed by atoms with van der Waals surface area (Å²) in [4.78, 5) is 25.7. The molecule has 0 amide bonds. The predicted molar refractivity (Wildman–Crippen MR) is 88.0 cm³/mol. The standard InChI is InChI=1S/C18H21NO3/c1-10-9-18(3,4)19(5)15-8-16-12(6-13(10)15)7-14(11(2)20)17(21)22-16/h6-8,10H,9H2,1-5H3. The second-order valence-corrected chi connectivity index (χ2v) is 6.93. The van der Waals surface area contributed by atoms with Crippen LogP contribution in [0.3, 0.4) is 0 Å². The van der Waals surface area contributed by atoms with Crippen molar-refractivity contribution in [3.8, 4) is 0 Å². The van der Waals surface area contributed by atoms with Crippen LogP contribution >= 0.6 is 0 Å². The van der Waals surface area contributed by atoms with E-state index in [1.54, 1.807) is 6.07 Å². The third-order valence-electron chi connectivity index (χ3n) is 4.87. The first-order valence-corrected chi connectivity index (χ1v) is 7.57. The van der Waals surface area contributed by atoms with Crippen molar-refractivity contribution < 1.29 is 9.21 Å². The Morgan fingerprint density at radius 1 is 1.32 bits per heavy atom. The van der Waals surface area contributed by atoms with E-state index in [4.69, 9.17) is 4.42 Å². The molecule has 0 bridgehead atoms. The Morgan fingerprint density at radius 2 is 2.00 bits per heavy atom. The number of anilines is 1. The highest BCUT2D eigenvalue weighted by Gasteiger charge is 2.34. The van der Waals surface area contributed by atoms with Gasteiger partial charge in [0.15, 0.2) is 5.78 Å². The molecule has 2 heterocycles. The number of hydrogen-bond donors (Lipinski definition) is 0. The van der Waals surface area contributed by atoms with E-state index in [0.29, 0.717) is 11.5 Å². The van der Waals surface area contributed by atoms with Crippen molar-refractivity contribution in [3.05, 3.63) is 39.7 Å². The summed E-state index contributed by atoms with van der Waals surface area (Å²) in [5, 5.41) is 0.809. The molecule has 4 heteroatoms. The first-order valence-electron chi connectivity index (χ1n) is 7.57. The van der Waals surface area contributed by atoms with Gasteiger partial charge in [-0.05, 0) is 50.8 Å². The summed E-state index contributed by atoms with van der Waals surface area (Å²) in [6.07, 6.45) is 1.05. The van der Waals surface area contributed by atoms with E-state index in [2.05, 4.69) is 38.8 Å². The molecular weight excluding hydrogens is 278 g/mol. The van der Waals surface area contributed by atoms with Crippen LogP contribution in [0.5, 0.6) is 0 Å². The van der Waals surface area contributed by atoms with E-state index in [-0.39, 0.29) is 16.9 Å². The van der Waals surface area contributed by atoms with Crippen LogP contribution in [0.15, 0.2) is 27.4 Å². The maximum Gasteiger partial charge on any atom is 0.347 e. The third-order valence-corrected chi connectivity index (χ3v) is 4.87. The molecule has 22 heavy (non-hydrogen) atoms. The summed E-state index contributed by atoms with van der Waals surface area (Å²) in [6.45, 7) is 8.02. The zero-order valence-electron chi connectivity index (χ0n) is 13.7. The summed E-state index contributed by atoms with van der Waals surface area (Å²) in [7, 11) is 2.07. The van der Waals surface area contributed by atoms with Gasteiger partial charge in [0, 0.05) is 29.7 Å². The van der Waals surface area contributed by atoms with Crippen molar-refractivity contribution in [3.63, 3.8) is 0 Å². The van der Waals surface area contributed by atoms with Crippen molar-refractivity contribution in [2.24, 2.45) is 0 Å². The van der Waals surface area contributed by atoms with Crippen LogP contribution in [-0.4, -0.2) is 18.4 Å². The largest absolute Gasteiger partial charge is 0.422 e. The van der Waals surface area contributed by atoms with Crippen LogP contribution in [0.2, 0.25) is 0 Å². The molecule has 116 valence electrons. The van der Waals surface area contributed by atoms with Gasteiger partial charge in [0.1, 0.15) is 11.1 Å². The van der Waals surface area contributed by atoms with E-state index in [9.17, 15) is 9.59 Å². The normalized spacial score (nSPS) is 20.0. The summed E-state index contributed by atoms with van der Waals surface area (Å²) in [6, 6.07) is 5.63. The van der Waals surface area contributed by atoms with Crippen LogP contribution in [0, 0.1) is 0 Å². The Morgan fingerprint density at radius 3 is 2.64 bits per heavy atom. The molecule has 1 aliphatic rings. The lowest BCUT2D eigenvalue weighted by Crippen LogP contribution is -2.45. The number of nitrogens with zero attached hydrogens (tertiary/aromatic N) is 1. The average molecular weight is 299 g/mol. The molecule has 1 atom stereocenters. The van der Waals surface area contributed by atoms with E-state index in [0.717, 1.165) is 17.5 Å². The summed E-state index contributed by atoms with van der Waals surface area (Å²) < 4.78 is 5.37. The second kappa shape index (κ2) is 4.70. The van der Waals surface area contributed by atoms with Crippen molar-refractivity contribution in [1.29, 1.82) is 0 Å². The van der Waals surface area contributed by atoms with E-state index in [1.165, 1.54) is 12.5 Å². The molecule has 1 aromatic carbocycles. The van der Waals surface area contributed by atoms with Crippen LogP contribution in [0.1, 0.15) is 56.0 Å². The van der Waals surface area contributed by atoms with Crippen molar-refractivity contribution >= 4 is 22.4 Å². The number of rotatable bonds is 1. The van der Waals surface area contributed by atoms with Gasteiger partial charge in [0.2, 0.25) is 0 Å². The van der Waals surface area contributed by atoms with Gasteiger partial charge in [-0.1, -0.05) is 6.92 Å². The molecular formula is C18H21NO3. The Kier molecular flexibility index (Phi) is 3.17. The number of carbonyl (C=O) groups is 1. The Balaban J connectivity index is 2.29. The molecule has 0 radical (unpaired) electrons. The smallest absolute Gasteiger partial charge is 0.347 e. The molecule has 0 saturated carbocycles. The number of fused-ring (bicyclic) bond motifs is 2. The molecule has 0 N–H and O–H groups in total. The minimum absolute atomic E-state index is 0.0553. The Bertz CT molecular complexity index is 832. The molecule has 0 fully saturated rings. The Hall–Kier alpha value is -2.10. The molecule has 1 aromatic heterocycles. The lowest BCUT2D eigenvalue weighted by atomic mass is 9.80. The highest BCUT2D eigenvalue weighted by atomic mass is 16.4. The molecule has 3 rings (SSSR count). The highest BCUT2D eigenvalue weighted by molar-refractivity contribution is 5.97. The van der Waals surface area contributed by atoms with Gasteiger partial charge in [0.05, 0.1) is 0 Å². The summed E-state index contributed by atoms with van der Waals surface area (Å²) >= 11 is 0. The first-order chi connectivity index (χ1) is 10.2. The lowest BCUT2D eigenvalue weighted by Gasteiger charge is -2.45. The van der Waals surface area contributed by atoms with E-state index >= 15 is 0 Å². The first kappa shape index (κ1) is 14.8. The number of hydrogen-bond acceptors (Lipinski definition) is 4. The van der Waals surface area contributed by atoms with Crippen LogP contribution in [0.4, 0.5) is 5.69 Å². The predicted octanol–water partition coefficient (Wildman–Crippen LogP) is 3.72. The van der Waals surface area contributed by atoms with Gasteiger partial charge in [-0.25, -0.2) is 4.79 Å². The number of carbonyl (C=O) groups excluding carboxylic acids is 1. The average Bonchev–Trinajstić information content (AvgIpc) is 2.42. The quantitative estimate of drug-likeness (QED) is 0.595. The fourth-order valence-corrected chi connectivity index (χ4v) is 3.43. The van der Waals surface area contributed by atoms with Gasteiger partial charge in [-0.3, -0.25) is 4.79 Å². The minimum atomic E-state index is -0.564. The monoisotopic (exact) mass is 299 g/mol. The number of ketones is 1. The van der Waals surface area contributed by atoms with Crippen molar-refractivity contribution in [2.45, 2.75) is 45.6 Å². The molecule has 1 unspecified atom stereocenters. The maximum atomic E-state index is 11.9. The Labute approximate surface area is 129 Å². The zero-order valence-corrected chi connectivity index (χ0v) is 13.7. The number of benzene rings is 1. The van der Waals surface area contributed by atoms with Crippen LogP contribution < -0.4 is 10.5 Å². The van der Waals surface area contributed by atoms with Gasteiger partial charge >= 0.3 is 5.63 Å². The molecule has 0 saturated heterocycles. The second-order valence-electron chi connectivity index (χ2n) is 6.93. The van der Waals surface area contributed by atoms with Gasteiger partial charge in [-0.2, -0.15) is 0 Å². The number of Topliss-reactive ketones (excluding diaryl/α,β-unsaturated/α-hetero) is 1. The van der Waals surface area contributed by atoms with E-state index < -0.39 is 5.63 Å². The lowest BCUT2D eigenvalue weighted by molar-refractivity contribution is 0.101. The minimum Gasteiger partial charge on any atom is -0.422 e. The molecule has 4 nitrogen and oxygen atoms in total. The fraction of sp³-hybridized carbons (Fsp3) is 0.444.